The molecule has 0 aliphatic heterocycles. The third-order valence-corrected chi connectivity index (χ3v) is 3.95. The quantitative estimate of drug-likeness (QED) is 0.214. The van der Waals surface area contributed by atoms with Crippen LogP contribution < -0.4 is 16.2 Å². The molecule has 9 nitrogen and oxygen atoms in total. The number of halogens is 2. The molecule has 160 valence electrons. The van der Waals surface area contributed by atoms with Crippen LogP contribution in [0.5, 0.6) is 0 Å². The number of nitro groups is 1. The molecular weight excluding hydrogens is 433 g/mol. The predicted molar refractivity (Wildman–Crippen MR) is 118 cm³/mol. The molecule has 0 saturated heterocycles. The Balaban J connectivity index is 0.00000103. The molecule has 30 heavy (non-hydrogen) atoms. The van der Waals surface area contributed by atoms with E-state index in [0.717, 1.165) is 11.4 Å². The average Bonchev–Trinajstić information content (AvgIpc) is 2.71. The van der Waals surface area contributed by atoms with E-state index in [1.807, 2.05) is 25.1 Å². The highest BCUT2D eigenvalue weighted by atomic mass is 35.5. The number of hydrogen-bond donors (Lipinski definition) is 3. The lowest BCUT2D eigenvalue weighted by Crippen LogP contribution is -2.12. The molecule has 2 aromatic carbocycles. The SMILES string of the molecule is CC(=O)OCCNc1ccc(NNc2c(Cl)cc([N+](=O)[O-])cc2Cl)cc1.CCC#N. The molecule has 0 radical (unpaired) electrons. The van der Waals surface area contributed by atoms with E-state index in [1.54, 1.807) is 12.1 Å². The van der Waals surface area contributed by atoms with Crippen LogP contribution in [-0.2, 0) is 9.53 Å². The topological polar surface area (TPSA) is 129 Å². The molecule has 0 saturated carbocycles. The van der Waals surface area contributed by atoms with Crippen molar-refractivity contribution in [1.29, 1.82) is 5.26 Å². The smallest absolute Gasteiger partial charge is 0.302 e. The normalized spacial score (nSPS) is 9.43. The number of hydrogen-bond acceptors (Lipinski definition) is 8. The standard InChI is InChI=1S/C16H16Cl2N4O4.C3H5N/c1-10(23)26-7-6-19-11-2-4-12(5-3-11)20-21-16-14(17)8-13(22(24)25)9-15(16)18;1-2-3-4/h2-5,8-9,19-21H,6-7H2,1H3;2H2,1H3. The van der Waals surface area contributed by atoms with Crippen LogP contribution in [0.2, 0.25) is 10.0 Å². The number of nitrogens with zero attached hydrogens (tertiary/aromatic N) is 2. The number of nitriles is 1. The maximum atomic E-state index is 10.8. The second-order valence-corrected chi connectivity index (χ2v) is 6.46. The largest absolute Gasteiger partial charge is 0.464 e. The number of carbonyl (C=O) groups excluding carboxylic acids is 1. The van der Waals surface area contributed by atoms with Crippen LogP contribution in [0.25, 0.3) is 0 Å². The number of esters is 1. The van der Waals surface area contributed by atoms with E-state index in [-0.39, 0.29) is 28.3 Å². The highest BCUT2D eigenvalue weighted by Gasteiger charge is 2.14. The van der Waals surface area contributed by atoms with E-state index >= 15 is 0 Å². The average molecular weight is 454 g/mol. The van der Waals surface area contributed by atoms with Gasteiger partial charge in [0.25, 0.3) is 5.69 Å². The number of non-ortho nitro benzene ring substituents is 1. The van der Waals surface area contributed by atoms with Crippen LogP contribution in [0.1, 0.15) is 20.3 Å². The molecule has 0 fully saturated rings. The van der Waals surface area contributed by atoms with Gasteiger partial charge in [-0.1, -0.05) is 30.1 Å². The van der Waals surface area contributed by atoms with Crippen molar-refractivity contribution in [2.75, 3.05) is 29.3 Å². The second kappa shape index (κ2) is 13.1. The molecule has 11 heteroatoms. The molecule has 0 aromatic heterocycles. The molecule has 0 unspecified atom stereocenters. The first-order valence-corrected chi connectivity index (χ1v) is 9.53. The van der Waals surface area contributed by atoms with Crippen molar-refractivity contribution in [3.63, 3.8) is 0 Å². The van der Waals surface area contributed by atoms with Crippen molar-refractivity contribution in [2.24, 2.45) is 0 Å². The van der Waals surface area contributed by atoms with E-state index < -0.39 is 4.92 Å². The van der Waals surface area contributed by atoms with Crippen LogP contribution in [0.15, 0.2) is 36.4 Å². The van der Waals surface area contributed by atoms with Gasteiger partial charge in [-0.05, 0) is 24.3 Å². The molecule has 0 aliphatic rings. The number of carbonyl (C=O) groups is 1. The fourth-order valence-electron chi connectivity index (χ4n) is 1.98. The summed E-state index contributed by atoms with van der Waals surface area (Å²) >= 11 is 12.1. The Morgan fingerprint density at radius 1 is 1.17 bits per heavy atom. The molecule has 3 N–H and O–H groups in total. The zero-order valence-electron chi connectivity index (χ0n) is 16.4. The molecule has 0 bridgehead atoms. The summed E-state index contributed by atoms with van der Waals surface area (Å²) in [5, 5.41) is 21.8. The van der Waals surface area contributed by atoms with Crippen molar-refractivity contribution in [2.45, 2.75) is 20.3 Å². The lowest BCUT2D eigenvalue weighted by atomic mass is 10.2. The summed E-state index contributed by atoms with van der Waals surface area (Å²) in [6, 6.07) is 11.6. The van der Waals surface area contributed by atoms with Crippen LogP contribution in [0.4, 0.5) is 22.7 Å². The number of nitrogens with one attached hydrogen (secondary N) is 3. The minimum Gasteiger partial charge on any atom is -0.464 e. The van der Waals surface area contributed by atoms with Gasteiger partial charge in [0, 0.05) is 37.7 Å². The molecule has 0 aliphatic carbocycles. The Kier molecular flexibility index (Phi) is 10.8. The predicted octanol–water partition coefficient (Wildman–Crippen LogP) is 5.24. The summed E-state index contributed by atoms with van der Waals surface area (Å²) in [5.41, 5.74) is 7.48. The summed E-state index contributed by atoms with van der Waals surface area (Å²) in [4.78, 5) is 20.9. The minimum absolute atomic E-state index is 0.125. The minimum atomic E-state index is -0.567. The van der Waals surface area contributed by atoms with Gasteiger partial charge in [0.2, 0.25) is 0 Å². The third kappa shape index (κ3) is 8.86. The van der Waals surface area contributed by atoms with E-state index in [9.17, 15) is 14.9 Å². The Bertz CT molecular complexity index is 878. The first-order chi connectivity index (χ1) is 14.3. The van der Waals surface area contributed by atoms with Gasteiger partial charge in [-0.2, -0.15) is 5.26 Å². The summed E-state index contributed by atoms with van der Waals surface area (Å²) in [5.74, 6) is -0.319. The molecule has 0 amide bonds. The lowest BCUT2D eigenvalue weighted by molar-refractivity contribution is -0.384. The fourth-order valence-corrected chi connectivity index (χ4v) is 2.55. The van der Waals surface area contributed by atoms with Gasteiger partial charge in [0.05, 0.1) is 32.4 Å². The van der Waals surface area contributed by atoms with E-state index in [1.165, 1.54) is 19.1 Å². The summed E-state index contributed by atoms with van der Waals surface area (Å²) in [7, 11) is 0. The second-order valence-electron chi connectivity index (χ2n) is 5.65. The van der Waals surface area contributed by atoms with Crippen LogP contribution in [0, 0.1) is 21.4 Å². The Labute approximate surface area is 184 Å². The van der Waals surface area contributed by atoms with Crippen LogP contribution in [0.3, 0.4) is 0 Å². The Morgan fingerprint density at radius 3 is 2.17 bits per heavy atom. The number of ether oxygens (including phenoxy) is 1. The van der Waals surface area contributed by atoms with Gasteiger partial charge >= 0.3 is 5.97 Å². The molecule has 0 atom stereocenters. The summed E-state index contributed by atoms with van der Waals surface area (Å²) in [6.07, 6.45) is 0.625. The van der Waals surface area contributed by atoms with Gasteiger partial charge in [-0.3, -0.25) is 20.3 Å². The highest BCUT2D eigenvalue weighted by Crippen LogP contribution is 2.34. The van der Waals surface area contributed by atoms with Gasteiger partial charge in [0.15, 0.2) is 0 Å². The number of hydrazine groups is 1. The van der Waals surface area contributed by atoms with Crippen molar-refractivity contribution in [1.82, 2.24) is 0 Å². The molecular formula is C19H21Cl2N5O4. The van der Waals surface area contributed by atoms with E-state index in [0.29, 0.717) is 18.7 Å². The molecule has 0 spiro atoms. The first-order valence-electron chi connectivity index (χ1n) is 8.78. The van der Waals surface area contributed by atoms with Gasteiger partial charge in [-0.25, -0.2) is 0 Å². The number of benzene rings is 2. The van der Waals surface area contributed by atoms with Gasteiger partial charge in [0.1, 0.15) is 6.61 Å². The Hall–Kier alpha value is -3.22. The molecule has 0 heterocycles. The fraction of sp³-hybridized carbons (Fsp3) is 0.263. The number of anilines is 3. The molecule has 2 aromatic rings. The van der Waals surface area contributed by atoms with Gasteiger partial charge in [-0.15, -0.1) is 0 Å². The van der Waals surface area contributed by atoms with Crippen LogP contribution in [-0.4, -0.2) is 24.0 Å². The van der Waals surface area contributed by atoms with E-state index in [2.05, 4.69) is 16.2 Å². The van der Waals surface area contributed by atoms with E-state index in [4.69, 9.17) is 33.2 Å². The maximum Gasteiger partial charge on any atom is 0.302 e. The highest BCUT2D eigenvalue weighted by molar-refractivity contribution is 6.39. The third-order valence-electron chi connectivity index (χ3n) is 3.35. The monoisotopic (exact) mass is 453 g/mol. The van der Waals surface area contributed by atoms with Crippen molar-refractivity contribution < 1.29 is 14.5 Å². The van der Waals surface area contributed by atoms with Crippen molar-refractivity contribution in [3.05, 3.63) is 56.6 Å². The van der Waals surface area contributed by atoms with Crippen molar-refractivity contribution >= 4 is 51.9 Å². The van der Waals surface area contributed by atoms with Gasteiger partial charge < -0.3 is 15.5 Å². The lowest BCUT2D eigenvalue weighted by Gasteiger charge is -2.13. The Morgan fingerprint density at radius 2 is 1.70 bits per heavy atom. The van der Waals surface area contributed by atoms with Crippen molar-refractivity contribution in [3.8, 4) is 6.07 Å². The maximum absolute atomic E-state index is 10.8. The zero-order chi connectivity index (χ0) is 22.5. The number of rotatable bonds is 8. The number of nitro benzene ring substituents is 1. The van der Waals surface area contributed by atoms with Crippen LogP contribution >= 0.6 is 23.2 Å². The first kappa shape index (κ1) is 24.8. The summed E-state index contributed by atoms with van der Waals surface area (Å²) < 4.78 is 4.83. The zero-order valence-corrected chi connectivity index (χ0v) is 17.9. The summed E-state index contributed by atoms with van der Waals surface area (Å²) in [6.45, 7) is 3.96. The molecule has 2 rings (SSSR count).